The van der Waals surface area contributed by atoms with Crippen molar-refractivity contribution >= 4 is 34.1 Å². The van der Waals surface area contributed by atoms with Gasteiger partial charge in [0.05, 0.1) is 16.8 Å². The summed E-state index contributed by atoms with van der Waals surface area (Å²) in [7, 11) is 0. The summed E-state index contributed by atoms with van der Waals surface area (Å²) in [6.07, 6.45) is 2.95. The van der Waals surface area contributed by atoms with Crippen molar-refractivity contribution in [3.8, 4) is 5.69 Å². The van der Waals surface area contributed by atoms with E-state index in [1.165, 1.54) is 10.8 Å². The Morgan fingerprint density at radius 3 is 2.58 bits per heavy atom. The van der Waals surface area contributed by atoms with Gasteiger partial charge < -0.3 is 0 Å². The molecule has 0 saturated carbocycles. The summed E-state index contributed by atoms with van der Waals surface area (Å²) in [5, 5.41) is -0.261. The lowest BCUT2D eigenvalue weighted by Gasteiger charge is -2.18. The molecule has 0 spiro atoms. The van der Waals surface area contributed by atoms with Gasteiger partial charge in [0.1, 0.15) is 10.7 Å². The van der Waals surface area contributed by atoms with Gasteiger partial charge in [0.2, 0.25) is 0 Å². The molecule has 0 radical (unpaired) electrons. The molecule has 0 saturated heterocycles. The highest BCUT2D eigenvalue weighted by Gasteiger charge is 2.22. The Hall–Kier alpha value is -2.05. The molecular weight excluding hydrogens is 354 g/mol. The highest BCUT2D eigenvalue weighted by atomic mass is 35.5. The van der Waals surface area contributed by atoms with Gasteiger partial charge >= 0.3 is 5.69 Å². The summed E-state index contributed by atoms with van der Waals surface area (Å²) in [5.74, 6) is -0.813. The molecule has 0 bridgehead atoms. The van der Waals surface area contributed by atoms with Crippen LogP contribution in [0.5, 0.6) is 0 Å². The Balaban J connectivity index is 2.58. The molecule has 5 nitrogen and oxygen atoms in total. The number of hydrogen-bond acceptors (Lipinski definition) is 4. The van der Waals surface area contributed by atoms with Gasteiger partial charge in [0.25, 0.3) is 0 Å². The average Bonchev–Trinajstić information content (AvgIpc) is 2.52. The Morgan fingerprint density at radius 1 is 1.21 bits per heavy atom. The molecule has 0 aromatic carbocycles. The van der Waals surface area contributed by atoms with E-state index in [2.05, 4.69) is 15.0 Å². The van der Waals surface area contributed by atoms with E-state index in [0.717, 1.165) is 5.56 Å². The first-order valence-corrected chi connectivity index (χ1v) is 7.96. The maximum atomic E-state index is 14.7. The number of halogens is 3. The summed E-state index contributed by atoms with van der Waals surface area (Å²) in [4.78, 5) is 24.4. The van der Waals surface area contributed by atoms with E-state index >= 15 is 0 Å². The van der Waals surface area contributed by atoms with Crippen LogP contribution in [-0.2, 0) is 0 Å². The molecule has 3 aromatic rings. The third kappa shape index (κ3) is 2.56. The largest absolute Gasteiger partial charge is 0.354 e. The van der Waals surface area contributed by atoms with Gasteiger partial charge in [-0.25, -0.2) is 14.2 Å². The number of pyridine rings is 2. The lowest BCUT2D eigenvalue weighted by molar-refractivity contribution is 0.625. The van der Waals surface area contributed by atoms with E-state index < -0.39 is 11.5 Å². The minimum absolute atomic E-state index is 0.0119. The molecule has 3 heterocycles. The molecule has 0 fully saturated rings. The van der Waals surface area contributed by atoms with Gasteiger partial charge in [0, 0.05) is 12.4 Å². The summed E-state index contributed by atoms with van der Waals surface area (Å²) in [6, 6.07) is 1.74. The summed E-state index contributed by atoms with van der Waals surface area (Å²) in [5.41, 5.74) is 1.13. The first-order chi connectivity index (χ1) is 11.3. The lowest BCUT2D eigenvalue weighted by Crippen LogP contribution is -2.25. The van der Waals surface area contributed by atoms with Crippen molar-refractivity contribution in [3.63, 3.8) is 0 Å². The summed E-state index contributed by atoms with van der Waals surface area (Å²) >= 11 is 11.8. The van der Waals surface area contributed by atoms with E-state index in [4.69, 9.17) is 23.2 Å². The van der Waals surface area contributed by atoms with Crippen LogP contribution >= 0.6 is 23.2 Å². The lowest BCUT2D eigenvalue weighted by atomic mass is 10.0. The van der Waals surface area contributed by atoms with Crippen molar-refractivity contribution < 1.29 is 4.39 Å². The van der Waals surface area contributed by atoms with E-state index in [-0.39, 0.29) is 27.1 Å². The predicted molar refractivity (Wildman–Crippen MR) is 91.7 cm³/mol. The van der Waals surface area contributed by atoms with E-state index in [0.29, 0.717) is 11.4 Å². The number of aryl methyl sites for hydroxylation is 1. The molecule has 24 heavy (non-hydrogen) atoms. The summed E-state index contributed by atoms with van der Waals surface area (Å²) in [6.45, 7) is 5.69. The van der Waals surface area contributed by atoms with E-state index in [1.54, 1.807) is 12.3 Å². The molecular formula is C16H13Cl2FN4O. The maximum absolute atomic E-state index is 14.7. The predicted octanol–water partition coefficient (Wildman–Crippen LogP) is 4.05. The zero-order chi connectivity index (χ0) is 17.6. The van der Waals surface area contributed by atoms with Crippen LogP contribution in [0.1, 0.15) is 31.0 Å². The Bertz CT molecular complexity index is 1020. The number of aromatic nitrogens is 4. The quantitative estimate of drug-likeness (QED) is 0.506. The van der Waals surface area contributed by atoms with Crippen molar-refractivity contribution in [2.45, 2.75) is 26.7 Å². The first-order valence-electron chi connectivity index (χ1n) is 7.21. The monoisotopic (exact) mass is 366 g/mol. The minimum Gasteiger partial charge on any atom is -0.259 e. The fourth-order valence-corrected chi connectivity index (χ4v) is 2.96. The van der Waals surface area contributed by atoms with Crippen LogP contribution in [0.2, 0.25) is 10.3 Å². The molecule has 8 heteroatoms. The Morgan fingerprint density at radius 2 is 1.92 bits per heavy atom. The molecule has 0 aliphatic rings. The second kappa shape index (κ2) is 6.11. The molecule has 0 amide bonds. The second-order valence-corrected chi connectivity index (χ2v) is 6.38. The van der Waals surface area contributed by atoms with Crippen LogP contribution in [0, 0.1) is 12.7 Å². The molecule has 3 aromatic heterocycles. The van der Waals surface area contributed by atoms with Gasteiger partial charge in [-0.15, -0.1) is 0 Å². The third-order valence-electron chi connectivity index (χ3n) is 3.71. The van der Waals surface area contributed by atoms with E-state index in [1.807, 2.05) is 20.8 Å². The van der Waals surface area contributed by atoms with Crippen molar-refractivity contribution in [1.29, 1.82) is 0 Å². The van der Waals surface area contributed by atoms with Gasteiger partial charge in [-0.05, 0) is 24.5 Å². The number of rotatable bonds is 2. The fourth-order valence-electron chi connectivity index (χ4n) is 2.61. The highest BCUT2D eigenvalue weighted by Crippen LogP contribution is 2.30. The first kappa shape index (κ1) is 16.8. The van der Waals surface area contributed by atoms with Crippen LogP contribution in [0.25, 0.3) is 16.6 Å². The van der Waals surface area contributed by atoms with Crippen LogP contribution in [0.4, 0.5) is 4.39 Å². The zero-order valence-corrected chi connectivity index (χ0v) is 14.7. The number of fused-ring (bicyclic) bond motifs is 1. The topological polar surface area (TPSA) is 60.7 Å². The van der Waals surface area contributed by atoms with E-state index in [9.17, 15) is 9.18 Å². The van der Waals surface area contributed by atoms with Gasteiger partial charge in [-0.3, -0.25) is 9.55 Å². The zero-order valence-electron chi connectivity index (χ0n) is 13.1. The maximum Gasteiger partial charge on any atom is 0.354 e. The molecule has 0 atom stereocenters. The van der Waals surface area contributed by atoms with Crippen LogP contribution in [0.3, 0.4) is 0 Å². The van der Waals surface area contributed by atoms with Gasteiger partial charge in [-0.1, -0.05) is 37.0 Å². The highest BCUT2D eigenvalue weighted by molar-refractivity contribution is 6.34. The second-order valence-electron chi connectivity index (χ2n) is 5.66. The van der Waals surface area contributed by atoms with Gasteiger partial charge in [-0.2, -0.15) is 4.98 Å². The number of hydrogen-bond donors (Lipinski definition) is 0. The van der Waals surface area contributed by atoms with Crippen LogP contribution in [-0.4, -0.2) is 19.5 Å². The van der Waals surface area contributed by atoms with Gasteiger partial charge in [0.15, 0.2) is 11.0 Å². The molecule has 0 aliphatic carbocycles. The number of nitrogens with zero attached hydrogens (tertiary/aromatic N) is 4. The molecule has 0 N–H and O–H groups in total. The SMILES string of the molecule is Cc1ccnc(C(C)C)c1-n1c(=O)nc(Cl)c2cnc(Cl)c(F)c21. The molecule has 0 aliphatic heterocycles. The Labute approximate surface area is 147 Å². The molecule has 0 unspecified atom stereocenters. The average molecular weight is 367 g/mol. The normalized spacial score (nSPS) is 11.5. The fraction of sp³-hybridized carbons (Fsp3) is 0.250. The Kier molecular flexibility index (Phi) is 4.27. The minimum atomic E-state index is -0.825. The van der Waals surface area contributed by atoms with Crippen molar-refractivity contribution in [2.24, 2.45) is 0 Å². The molecule has 3 rings (SSSR count). The smallest absolute Gasteiger partial charge is 0.259 e. The molecule has 124 valence electrons. The van der Waals surface area contributed by atoms with Crippen molar-refractivity contribution in [3.05, 3.63) is 56.3 Å². The van der Waals surface area contributed by atoms with Crippen LogP contribution in [0.15, 0.2) is 23.3 Å². The standard InChI is InChI=1S/C16H13Cl2FN4O/c1-7(2)11-12(8(3)4-5-20-11)23-13-9(14(17)22-16(23)24)6-21-15(18)10(13)19/h4-7H,1-3H3. The van der Waals surface area contributed by atoms with Crippen LogP contribution < -0.4 is 5.69 Å². The van der Waals surface area contributed by atoms with Crippen molar-refractivity contribution in [1.82, 2.24) is 19.5 Å². The summed E-state index contributed by atoms with van der Waals surface area (Å²) < 4.78 is 15.9. The third-order valence-corrected chi connectivity index (χ3v) is 4.26. The van der Waals surface area contributed by atoms with Crippen molar-refractivity contribution in [2.75, 3.05) is 0 Å².